The van der Waals surface area contributed by atoms with Gasteiger partial charge in [0.1, 0.15) is 6.04 Å². The summed E-state index contributed by atoms with van der Waals surface area (Å²) in [5.41, 5.74) is 1.71. The van der Waals surface area contributed by atoms with Crippen LogP contribution < -0.4 is 0 Å². The van der Waals surface area contributed by atoms with Crippen LogP contribution in [-0.4, -0.2) is 36.5 Å². The topological polar surface area (TPSA) is 46.6 Å². The molecular weight excluding hydrogens is 242 g/mol. The van der Waals surface area contributed by atoms with Crippen LogP contribution >= 0.6 is 0 Å². The zero-order valence-electron chi connectivity index (χ0n) is 11.4. The van der Waals surface area contributed by atoms with Gasteiger partial charge in [-0.25, -0.2) is 4.79 Å². The molecule has 2 rings (SSSR count). The maximum atomic E-state index is 12.6. The van der Waals surface area contributed by atoms with Gasteiger partial charge in [0, 0.05) is 12.1 Å². The number of methoxy groups -OCH3 is 1. The summed E-state index contributed by atoms with van der Waals surface area (Å²) in [6.45, 7) is 2.64. The molecule has 0 spiro atoms. The highest BCUT2D eigenvalue weighted by molar-refractivity contribution is 5.98. The molecule has 1 aromatic carbocycles. The van der Waals surface area contributed by atoms with E-state index in [0.29, 0.717) is 18.5 Å². The van der Waals surface area contributed by atoms with Gasteiger partial charge in [0.2, 0.25) is 0 Å². The molecule has 0 saturated carbocycles. The van der Waals surface area contributed by atoms with E-state index >= 15 is 0 Å². The quantitative estimate of drug-likeness (QED) is 0.782. The number of benzene rings is 1. The summed E-state index contributed by atoms with van der Waals surface area (Å²) >= 11 is 0. The Hall–Kier alpha value is -1.84. The molecule has 1 aromatic rings. The van der Waals surface area contributed by atoms with Crippen LogP contribution in [0.3, 0.4) is 0 Å². The smallest absolute Gasteiger partial charge is 0.328 e. The van der Waals surface area contributed by atoms with Crippen LogP contribution in [0.5, 0.6) is 0 Å². The number of rotatable bonds is 3. The number of amides is 1. The van der Waals surface area contributed by atoms with E-state index in [0.717, 1.165) is 18.4 Å². The van der Waals surface area contributed by atoms with E-state index in [2.05, 4.69) is 0 Å². The number of carbonyl (C=O) groups excluding carboxylic acids is 2. The van der Waals surface area contributed by atoms with Crippen molar-refractivity contribution in [3.8, 4) is 0 Å². The van der Waals surface area contributed by atoms with Gasteiger partial charge in [-0.15, -0.1) is 0 Å². The van der Waals surface area contributed by atoms with Crippen molar-refractivity contribution in [3.63, 3.8) is 0 Å². The van der Waals surface area contributed by atoms with Gasteiger partial charge in [-0.3, -0.25) is 4.79 Å². The summed E-state index contributed by atoms with van der Waals surface area (Å²) in [5.74, 6) is -0.384. The molecule has 1 atom stereocenters. The third-order valence-electron chi connectivity index (χ3n) is 3.62. The van der Waals surface area contributed by atoms with E-state index < -0.39 is 6.04 Å². The summed E-state index contributed by atoms with van der Waals surface area (Å²) in [4.78, 5) is 25.9. The highest BCUT2D eigenvalue weighted by Crippen LogP contribution is 2.22. The number of aryl methyl sites for hydroxylation is 1. The summed E-state index contributed by atoms with van der Waals surface area (Å²) in [7, 11) is 1.36. The molecule has 1 aliphatic heterocycles. The van der Waals surface area contributed by atoms with E-state index in [1.807, 2.05) is 31.2 Å². The van der Waals surface area contributed by atoms with E-state index in [1.54, 1.807) is 4.90 Å². The first-order chi connectivity index (χ1) is 9.19. The Morgan fingerprint density at radius 1 is 1.37 bits per heavy atom. The fourth-order valence-corrected chi connectivity index (χ4v) is 2.58. The first-order valence-electron chi connectivity index (χ1n) is 6.65. The highest BCUT2D eigenvalue weighted by Gasteiger charge is 2.35. The molecule has 1 amide bonds. The highest BCUT2D eigenvalue weighted by atomic mass is 16.5. The second kappa shape index (κ2) is 5.87. The van der Waals surface area contributed by atoms with Crippen molar-refractivity contribution in [1.29, 1.82) is 0 Å². The number of carbonyl (C=O) groups is 2. The predicted octanol–water partition coefficient (Wildman–Crippen LogP) is 2.03. The number of esters is 1. The zero-order chi connectivity index (χ0) is 13.8. The Morgan fingerprint density at radius 2 is 2.11 bits per heavy atom. The fourth-order valence-electron chi connectivity index (χ4n) is 2.58. The number of ether oxygens (including phenoxy) is 1. The molecule has 102 valence electrons. The molecule has 1 aliphatic rings. The summed E-state index contributed by atoms with van der Waals surface area (Å²) in [6.07, 6.45) is 2.34. The van der Waals surface area contributed by atoms with Crippen molar-refractivity contribution in [1.82, 2.24) is 4.90 Å². The number of hydrogen-bond donors (Lipinski definition) is 0. The van der Waals surface area contributed by atoms with Crippen molar-refractivity contribution in [2.45, 2.75) is 32.2 Å². The summed E-state index contributed by atoms with van der Waals surface area (Å²) < 4.78 is 4.77. The standard InChI is InChI=1S/C15H19NO3/c1-3-11-7-4-5-8-12(11)14(17)16-10-6-9-13(16)15(18)19-2/h4-5,7-8,13H,3,6,9-10H2,1-2H3/t13-/m0/s1. The lowest BCUT2D eigenvalue weighted by atomic mass is 10.0. The second-order valence-electron chi connectivity index (χ2n) is 4.69. The van der Waals surface area contributed by atoms with Crippen molar-refractivity contribution < 1.29 is 14.3 Å². The van der Waals surface area contributed by atoms with E-state index in [9.17, 15) is 9.59 Å². The minimum absolute atomic E-state index is 0.0645. The average molecular weight is 261 g/mol. The molecule has 0 N–H and O–H groups in total. The predicted molar refractivity (Wildman–Crippen MR) is 71.9 cm³/mol. The van der Waals surface area contributed by atoms with Gasteiger partial charge in [-0.1, -0.05) is 25.1 Å². The number of likely N-dealkylation sites (tertiary alicyclic amines) is 1. The molecule has 4 nitrogen and oxygen atoms in total. The molecule has 0 bridgehead atoms. The summed E-state index contributed by atoms with van der Waals surface area (Å²) in [6, 6.07) is 7.14. The minimum atomic E-state index is -0.428. The van der Waals surface area contributed by atoms with E-state index in [4.69, 9.17) is 4.74 Å². The first-order valence-corrected chi connectivity index (χ1v) is 6.65. The average Bonchev–Trinajstić information content (AvgIpc) is 2.95. The Morgan fingerprint density at radius 3 is 2.79 bits per heavy atom. The van der Waals surface area contributed by atoms with Gasteiger partial charge in [0.25, 0.3) is 5.91 Å². The normalized spacial score (nSPS) is 18.4. The molecule has 19 heavy (non-hydrogen) atoms. The molecule has 1 saturated heterocycles. The van der Waals surface area contributed by atoms with E-state index in [-0.39, 0.29) is 11.9 Å². The molecule has 1 heterocycles. The van der Waals surface area contributed by atoms with Crippen molar-refractivity contribution in [2.75, 3.05) is 13.7 Å². The molecule has 4 heteroatoms. The van der Waals surface area contributed by atoms with Crippen LogP contribution in [0.1, 0.15) is 35.7 Å². The molecular formula is C15H19NO3. The first kappa shape index (κ1) is 13.6. The monoisotopic (exact) mass is 261 g/mol. The molecule has 0 radical (unpaired) electrons. The van der Waals surface area contributed by atoms with Gasteiger partial charge >= 0.3 is 5.97 Å². The minimum Gasteiger partial charge on any atom is -0.467 e. The van der Waals surface area contributed by atoms with Gasteiger partial charge in [-0.05, 0) is 30.9 Å². The van der Waals surface area contributed by atoms with Crippen molar-refractivity contribution in [3.05, 3.63) is 35.4 Å². The maximum Gasteiger partial charge on any atom is 0.328 e. The van der Waals surface area contributed by atoms with Crippen molar-refractivity contribution >= 4 is 11.9 Å². The Bertz CT molecular complexity index is 484. The summed E-state index contributed by atoms with van der Waals surface area (Å²) in [5, 5.41) is 0. The molecule has 0 aromatic heterocycles. The van der Waals surface area contributed by atoms with E-state index in [1.165, 1.54) is 7.11 Å². The second-order valence-corrected chi connectivity index (χ2v) is 4.69. The maximum absolute atomic E-state index is 12.6. The Labute approximate surface area is 113 Å². The fraction of sp³-hybridized carbons (Fsp3) is 0.467. The van der Waals surface area contributed by atoms with Crippen molar-refractivity contribution in [2.24, 2.45) is 0 Å². The third-order valence-corrected chi connectivity index (χ3v) is 3.62. The van der Waals surface area contributed by atoms with Gasteiger partial charge in [0.05, 0.1) is 7.11 Å². The van der Waals surface area contributed by atoms with Crippen LogP contribution in [0.4, 0.5) is 0 Å². The Kier molecular flexibility index (Phi) is 4.20. The largest absolute Gasteiger partial charge is 0.467 e. The lowest BCUT2D eigenvalue weighted by Crippen LogP contribution is -2.41. The van der Waals surface area contributed by atoms with Crippen LogP contribution in [0, 0.1) is 0 Å². The van der Waals surface area contributed by atoms with Gasteiger partial charge < -0.3 is 9.64 Å². The Balaban J connectivity index is 2.26. The third kappa shape index (κ3) is 2.62. The number of nitrogens with zero attached hydrogens (tertiary/aromatic N) is 1. The van der Waals surface area contributed by atoms with Crippen LogP contribution in [0.2, 0.25) is 0 Å². The zero-order valence-corrected chi connectivity index (χ0v) is 11.4. The molecule has 0 unspecified atom stereocenters. The number of hydrogen-bond acceptors (Lipinski definition) is 3. The SMILES string of the molecule is CCc1ccccc1C(=O)N1CCC[C@H]1C(=O)OC. The molecule has 1 fully saturated rings. The molecule has 0 aliphatic carbocycles. The lowest BCUT2D eigenvalue weighted by Gasteiger charge is -2.23. The van der Waals surface area contributed by atoms with Crippen LogP contribution in [0.25, 0.3) is 0 Å². The van der Waals surface area contributed by atoms with Crippen LogP contribution in [-0.2, 0) is 16.0 Å². The lowest BCUT2D eigenvalue weighted by molar-refractivity contribution is -0.145. The van der Waals surface area contributed by atoms with Gasteiger partial charge in [-0.2, -0.15) is 0 Å². The van der Waals surface area contributed by atoms with Gasteiger partial charge in [0.15, 0.2) is 0 Å². The van der Waals surface area contributed by atoms with Crippen LogP contribution in [0.15, 0.2) is 24.3 Å².